The lowest BCUT2D eigenvalue weighted by Gasteiger charge is -2.23. The van der Waals surface area contributed by atoms with E-state index in [0.717, 1.165) is 27.8 Å². The average Bonchev–Trinajstić information content (AvgIpc) is 3.29. The molecule has 0 heterocycles. The number of carbonyl (C=O) groups is 2. The van der Waals surface area contributed by atoms with Crippen molar-refractivity contribution in [3.05, 3.63) is 119 Å². The van der Waals surface area contributed by atoms with Gasteiger partial charge in [0.05, 0.1) is 12.5 Å². The molecule has 1 unspecified atom stereocenters. The van der Waals surface area contributed by atoms with Gasteiger partial charge in [-0.05, 0) is 79.8 Å². The maximum atomic E-state index is 13.1. The number of ether oxygens (including phenoxy) is 2. The molecule has 1 atom stereocenters. The van der Waals surface area contributed by atoms with E-state index in [4.69, 9.17) is 13.7 Å². The van der Waals surface area contributed by atoms with Crippen LogP contribution in [-0.4, -0.2) is 32.7 Å². The van der Waals surface area contributed by atoms with Crippen molar-refractivity contribution >= 4 is 22.2 Å². The molecule has 0 aliphatic heterocycles. The first-order valence-corrected chi connectivity index (χ1v) is 15.7. The van der Waals surface area contributed by atoms with Crippen LogP contribution in [0.3, 0.4) is 0 Å². The lowest BCUT2D eigenvalue weighted by atomic mass is 9.98. The monoisotopic (exact) mass is 613 g/mol. The molecule has 1 N–H and O–H groups in total. The number of aryl methyl sites for hydroxylation is 1. The highest BCUT2D eigenvalue weighted by atomic mass is 32.2. The van der Waals surface area contributed by atoms with E-state index in [9.17, 15) is 18.0 Å². The van der Waals surface area contributed by atoms with Crippen LogP contribution in [0.4, 0.5) is 4.79 Å². The fraction of sp³-hybridized carbons (Fsp3) is 0.257. The summed E-state index contributed by atoms with van der Waals surface area (Å²) in [6.45, 7) is 7.27. The van der Waals surface area contributed by atoms with Gasteiger partial charge in [0.25, 0.3) is 0 Å². The minimum Gasteiger partial charge on any atom is -0.460 e. The molecule has 44 heavy (non-hydrogen) atoms. The summed E-state index contributed by atoms with van der Waals surface area (Å²) in [5.74, 6) is -0.542. The zero-order valence-corrected chi connectivity index (χ0v) is 25.9. The fourth-order valence-electron chi connectivity index (χ4n) is 5.22. The van der Waals surface area contributed by atoms with Gasteiger partial charge in [0.2, 0.25) is 0 Å². The van der Waals surface area contributed by atoms with Gasteiger partial charge in [-0.1, -0.05) is 78.4 Å². The predicted molar refractivity (Wildman–Crippen MR) is 167 cm³/mol. The Morgan fingerprint density at radius 1 is 0.818 bits per heavy atom. The Bertz CT molecular complexity index is 1710. The number of hydrogen-bond acceptors (Lipinski definition) is 7. The summed E-state index contributed by atoms with van der Waals surface area (Å²) < 4.78 is 42.0. The van der Waals surface area contributed by atoms with Gasteiger partial charge in [0.1, 0.15) is 22.9 Å². The Balaban J connectivity index is 1.30. The van der Waals surface area contributed by atoms with Crippen LogP contribution in [0.15, 0.2) is 102 Å². The number of nitrogens with one attached hydrogen (secondary N) is 1. The van der Waals surface area contributed by atoms with E-state index in [2.05, 4.69) is 17.4 Å². The van der Waals surface area contributed by atoms with Gasteiger partial charge in [0.15, 0.2) is 0 Å². The molecule has 1 aliphatic carbocycles. The highest BCUT2D eigenvalue weighted by Crippen LogP contribution is 2.44. The summed E-state index contributed by atoms with van der Waals surface area (Å²) >= 11 is 0. The molecular weight excluding hydrogens is 578 g/mol. The summed E-state index contributed by atoms with van der Waals surface area (Å²) in [6, 6.07) is 27.8. The molecule has 4 aromatic rings. The molecule has 8 nitrogen and oxygen atoms in total. The summed E-state index contributed by atoms with van der Waals surface area (Å²) in [7, 11) is -4.04. The molecule has 0 radical (unpaired) electrons. The minimum absolute atomic E-state index is 0.0342. The first-order valence-electron chi connectivity index (χ1n) is 14.3. The second-order valence-corrected chi connectivity index (χ2v) is 13.3. The van der Waals surface area contributed by atoms with Crippen molar-refractivity contribution in [1.29, 1.82) is 0 Å². The van der Waals surface area contributed by atoms with Crippen LogP contribution >= 0.6 is 0 Å². The molecule has 0 saturated carbocycles. The molecule has 9 heteroatoms. The second kappa shape index (κ2) is 12.5. The largest absolute Gasteiger partial charge is 0.460 e. The number of hydrogen-bond donors (Lipinski definition) is 1. The van der Waals surface area contributed by atoms with Gasteiger partial charge in [-0.15, -0.1) is 0 Å². The molecule has 5 rings (SSSR count). The smallest absolute Gasteiger partial charge is 0.407 e. The van der Waals surface area contributed by atoms with E-state index in [-0.39, 0.29) is 29.6 Å². The van der Waals surface area contributed by atoms with Crippen LogP contribution in [-0.2, 0) is 24.4 Å². The van der Waals surface area contributed by atoms with Crippen molar-refractivity contribution in [1.82, 2.24) is 5.32 Å². The van der Waals surface area contributed by atoms with Gasteiger partial charge in [0, 0.05) is 5.92 Å². The first-order chi connectivity index (χ1) is 20.9. The summed E-state index contributed by atoms with van der Waals surface area (Å²) in [5, 5.41) is 2.80. The molecule has 228 valence electrons. The number of amides is 1. The Labute approximate surface area is 258 Å². The molecule has 1 aliphatic rings. The van der Waals surface area contributed by atoms with Crippen LogP contribution in [0, 0.1) is 6.92 Å². The number of esters is 1. The van der Waals surface area contributed by atoms with Crippen molar-refractivity contribution in [2.75, 3.05) is 6.61 Å². The van der Waals surface area contributed by atoms with E-state index in [1.807, 2.05) is 43.3 Å². The maximum Gasteiger partial charge on any atom is 0.407 e. The second-order valence-electron chi connectivity index (χ2n) is 11.7. The van der Waals surface area contributed by atoms with Gasteiger partial charge < -0.3 is 19.0 Å². The molecule has 0 bridgehead atoms. The highest BCUT2D eigenvalue weighted by Gasteiger charge is 2.30. The van der Waals surface area contributed by atoms with E-state index < -0.39 is 33.8 Å². The SMILES string of the molecule is Cc1ccc(S(=O)(=O)Oc2ccc(C(CC(=O)OC(C)(C)C)NC(=O)OCC3c4ccccc4-c4ccccc43)cc2)cc1. The van der Waals surface area contributed by atoms with Crippen molar-refractivity contribution in [2.24, 2.45) is 0 Å². The average molecular weight is 614 g/mol. The molecule has 0 spiro atoms. The van der Waals surface area contributed by atoms with Crippen LogP contribution in [0.25, 0.3) is 11.1 Å². The first kappa shape index (κ1) is 30.8. The van der Waals surface area contributed by atoms with Crippen LogP contribution < -0.4 is 9.50 Å². The summed E-state index contributed by atoms with van der Waals surface area (Å²) in [6.07, 6.45) is -0.855. The summed E-state index contributed by atoms with van der Waals surface area (Å²) in [5.41, 5.74) is 5.16. The predicted octanol–water partition coefficient (Wildman–Crippen LogP) is 7.07. The highest BCUT2D eigenvalue weighted by molar-refractivity contribution is 7.87. The van der Waals surface area contributed by atoms with Crippen molar-refractivity contribution in [3.63, 3.8) is 0 Å². The topological polar surface area (TPSA) is 108 Å². The quantitative estimate of drug-likeness (QED) is 0.159. The van der Waals surface area contributed by atoms with Gasteiger partial charge in [-0.2, -0.15) is 8.42 Å². The Morgan fingerprint density at radius 2 is 1.39 bits per heavy atom. The van der Waals surface area contributed by atoms with Gasteiger partial charge in [-0.25, -0.2) is 4.79 Å². The van der Waals surface area contributed by atoms with Crippen molar-refractivity contribution in [3.8, 4) is 16.9 Å². The third-order valence-corrected chi connectivity index (χ3v) is 8.49. The minimum atomic E-state index is -4.04. The molecule has 1 amide bonds. The number of rotatable bonds is 9. The van der Waals surface area contributed by atoms with Crippen molar-refractivity contribution < 1.29 is 31.7 Å². The number of fused-ring (bicyclic) bond motifs is 3. The molecular formula is C35H35NO7S. The third-order valence-electron chi connectivity index (χ3n) is 7.22. The van der Waals surface area contributed by atoms with Crippen LogP contribution in [0.2, 0.25) is 0 Å². The number of alkyl carbamates (subject to hydrolysis) is 1. The normalized spacial score (nSPS) is 13.4. The van der Waals surface area contributed by atoms with Gasteiger partial charge in [-0.3, -0.25) is 4.79 Å². The Hall–Kier alpha value is -4.63. The van der Waals surface area contributed by atoms with Crippen LogP contribution in [0.5, 0.6) is 5.75 Å². The fourth-order valence-corrected chi connectivity index (χ4v) is 6.15. The van der Waals surface area contributed by atoms with Gasteiger partial charge >= 0.3 is 22.2 Å². The Morgan fingerprint density at radius 3 is 1.95 bits per heavy atom. The zero-order chi connectivity index (χ0) is 31.5. The lowest BCUT2D eigenvalue weighted by Crippen LogP contribution is -2.33. The standard InChI is InChI=1S/C35H35NO7S/c1-23-13-19-26(20-14-23)44(39,40)43-25-17-15-24(16-18-25)32(21-33(37)42-35(2,3)4)36-34(38)41-22-31-29-11-7-5-9-27(29)28-10-6-8-12-30(28)31/h5-20,31-32H,21-22H2,1-4H3,(H,36,38). The van der Waals surface area contributed by atoms with E-state index in [0.29, 0.717) is 5.56 Å². The molecule has 4 aromatic carbocycles. The van der Waals surface area contributed by atoms with Crippen molar-refractivity contribution in [2.45, 2.75) is 56.6 Å². The van der Waals surface area contributed by atoms with Crippen LogP contribution in [0.1, 0.15) is 61.4 Å². The summed E-state index contributed by atoms with van der Waals surface area (Å²) in [4.78, 5) is 25.9. The molecule has 0 aromatic heterocycles. The molecule has 0 saturated heterocycles. The Kier molecular flexibility index (Phi) is 8.78. The van der Waals surface area contributed by atoms with E-state index in [1.165, 1.54) is 24.3 Å². The lowest BCUT2D eigenvalue weighted by molar-refractivity contribution is -0.155. The number of carbonyl (C=O) groups excluding carboxylic acids is 2. The molecule has 0 fully saturated rings. The third kappa shape index (κ3) is 7.29. The zero-order valence-electron chi connectivity index (χ0n) is 25.1. The maximum absolute atomic E-state index is 13.1. The number of benzene rings is 4. The van der Waals surface area contributed by atoms with E-state index in [1.54, 1.807) is 45.0 Å². The van der Waals surface area contributed by atoms with E-state index >= 15 is 0 Å².